The third-order valence-corrected chi connectivity index (χ3v) is 6.05. The summed E-state index contributed by atoms with van der Waals surface area (Å²) < 4.78 is 17.6. The van der Waals surface area contributed by atoms with Crippen molar-refractivity contribution in [3.8, 4) is 11.5 Å². The van der Waals surface area contributed by atoms with Gasteiger partial charge in [0, 0.05) is 6.54 Å². The molecule has 2 heterocycles. The maximum Gasteiger partial charge on any atom is 0.290 e. The average Bonchev–Trinajstić information content (AvgIpc) is 3.05. The highest BCUT2D eigenvalue weighted by Gasteiger charge is 2.42. The first kappa shape index (κ1) is 22.9. The van der Waals surface area contributed by atoms with Crippen LogP contribution in [0.5, 0.6) is 11.5 Å². The monoisotopic (exact) mass is 449 g/mol. The van der Waals surface area contributed by atoms with Crippen LogP contribution in [0, 0.1) is 13.8 Å². The van der Waals surface area contributed by atoms with E-state index in [2.05, 4.69) is 6.92 Å². The van der Waals surface area contributed by atoms with Crippen molar-refractivity contribution in [1.29, 1.82) is 0 Å². The van der Waals surface area contributed by atoms with E-state index in [4.69, 9.17) is 13.9 Å². The fourth-order valence-corrected chi connectivity index (χ4v) is 4.66. The molecule has 0 bridgehead atoms. The zero-order chi connectivity index (χ0) is 23.7. The van der Waals surface area contributed by atoms with E-state index in [-0.39, 0.29) is 17.1 Å². The van der Waals surface area contributed by atoms with Crippen molar-refractivity contribution in [2.24, 2.45) is 0 Å². The summed E-state index contributed by atoms with van der Waals surface area (Å²) in [6.45, 7) is 11.3. The molecule has 1 unspecified atom stereocenters. The van der Waals surface area contributed by atoms with E-state index in [1.165, 1.54) is 0 Å². The van der Waals surface area contributed by atoms with Crippen LogP contribution in [0.4, 0.5) is 0 Å². The Kier molecular flexibility index (Phi) is 6.45. The zero-order valence-corrected chi connectivity index (χ0v) is 20.0. The number of hydrogen-bond acceptors (Lipinski definition) is 5. The lowest BCUT2D eigenvalue weighted by atomic mass is 9.96. The van der Waals surface area contributed by atoms with E-state index in [1.54, 1.807) is 4.90 Å². The van der Waals surface area contributed by atoms with E-state index in [1.807, 2.05) is 58.0 Å². The van der Waals surface area contributed by atoms with Gasteiger partial charge < -0.3 is 18.8 Å². The summed E-state index contributed by atoms with van der Waals surface area (Å²) in [7, 11) is 0. The Morgan fingerprint density at radius 2 is 1.70 bits per heavy atom. The van der Waals surface area contributed by atoms with Crippen molar-refractivity contribution >= 4 is 16.9 Å². The van der Waals surface area contributed by atoms with Gasteiger partial charge in [-0.05, 0) is 69.0 Å². The Balaban J connectivity index is 1.95. The highest BCUT2D eigenvalue weighted by molar-refractivity contribution is 5.99. The van der Waals surface area contributed by atoms with Gasteiger partial charge in [0.05, 0.1) is 30.2 Å². The average molecular weight is 450 g/mol. The summed E-state index contributed by atoms with van der Waals surface area (Å²) in [5.74, 6) is 1.15. The van der Waals surface area contributed by atoms with Gasteiger partial charge in [-0.15, -0.1) is 0 Å². The van der Waals surface area contributed by atoms with Gasteiger partial charge in [-0.25, -0.2) is 0 Å². The van der Waals surface area contributed by atoms with Gasteiger partial charge in [0.15, 0.2) is 16.9 Å². The molecule has 0 N–H and O–H groups in total. The predicted molar refractivity (Wildman–Crippen MR) is 129 cm³/mol. The maximum absolute atomic E-state index is 13.8. The third kappa shape index (κ3) is 3.99. The van der Waals surface area contributed by atoms with Crippen molar-refractivity contribution in [2.75, 3.05) is 19.8 Å². The van der Waals surface area contributed by atoms with Gasteiger partial charge in [-0.1, -0.05) is 25.5 Å². The minimum absolute atomic E-state index is 0.144. The molecular weight excluding hydrogens is 418 g/mol. The molecule has 1 amide bonds. The minimum atomic E-state index is -0.532. The van der Waals surface area contributed by atoms with Crippen LogP contribution in [0.25, 0.3) is 11.0 Å². The first-order valence-electron chi connectivity index (χ1n) is 11.7. The largest absolute Gasteiger partial charge is 0.490 e. The maximum atomic E-state index is 13.8. The second-order valence-corrected chi connectivity index (χ2v) is 8.46. The molecule has 0 saturated heterocycles. The number of hydrogen-bond donors (Lipinski definition) is 0. The van der Waals surface area contributed by atoms with Gasteiger partial charge in [0.2, 0.25) is 5.76 Å². The van der Waals surface area contributed by atoms with E-state index in [9.17, 15) is 9.59 Å². The SMILES string of the molecule is CCCCN1C(=O)c2oc3cc(C)cc(C)c3c(=O)c2C1c1ccc(OCC)c(OCC)c1. The van der Waals surface area contributed by atoms with Gasteiger partial charge in [-0.3, -0.25) is 9.59 Å². The van der Waals surface area contributed by atoms with Crippen molar-refractivity contribution in [2.45, 2.75) is 53.5 Å². The molecule has 0 fully saturated rings. The second-order valence-electron chi connectivity index (χ2n) is 8.46. The predicted octanol–water partition coefficient (Wildman–Crippen LogP) is 5.55. The molecule has 3 aromatic rings. The Hall–Kier alpha value is -3.28. The highest BCUT2D eigenvalue weighted by Crippen LogP contribution is 2.41. The summed E-state index contributed by atoms with van der Waals surface area (Å²) >= 11 is 0. The Bertz CT molecular complexity index is 1260. The molecule has 2 aromatic carbocycles. The molecule has 33 heavy (non-hydrogen) atoms. The van der Waals surface area contributed by atoms with Crippen LogP contribution < -0.4 is 14.9 Å². The highest BCUT2D eigenvalue weighted by atomic mass is 16.5. The lowest BCUT2D eigenvalue weighted by Gasteiger charge is -2.25. The Labute approximate surface area is 194 Å². The van der Waals surface area contributed by atoms with E-state index in [0.717, 1.165) is 29.5 Å². The zero-order valence-electron chi connectivity index (χ0n) is 20.0. The molecule has 1 aliphatic heterocycles. The Morgan fingerprint density at radius 3 is 2.39 bits per heavy atom. The van der Waals surface area contributed by atoms with Gasteiger partial charge in [-0.2, -0.15) is 0 Å². The minimum Gasteiger partial charge on any atom is -0.490 e. The fraction of sp³-hybridized carbons (Fsp3) is 0.407. The number of benzene rings is 2. The number of ether oxygens (including phenoxy) is 2. The quantitative estimate of drug-likeness (QED) is 0.451. The van der Waals surface area contributed by atoms with Crippen LogP contribution in [0.1, 0.15) is 72.5 Å². The molecule has 1 atom stereocenters. The lowest BCUT2D eigenvalue weighted by Crippen LogP contribution is -2.30. The molecule has 0 spiro atoms. The van der Waals surface area contributed by atoms with Crippen LogP contribution in [-0.2, 0) is 0 Å². The molecule has 6 nitrogen and oxygen atoms in total. The second kappa shape index (κ2) is 9.30. The Morgan fingerprint density at radius 1 is 0.970 bits per heavy atom. The van der Waals surface area contributed by atoms with Crippen molar-refractivity contribution in [1.82, 2.24) is 4.90 Å². The van der Waals surface area contributed by atoms with Crippen LogP contribution in [-0.4, -0.2) is 30.6 Å². The van der Waals surface area contributed by atoms with Crippen LogP contribution in [0.15, 0.2) is 39.5 Å². The van der Waals surface area contributed by atoms with Crippen LogP contribution in [0.2, 0.25) is 0 Å². The van der Waals surface area contributed by atoms with Gasteiger partial charge >= 0.3 is 0 Å². The normalized spacial score (nSPS) is 15.2. The van der Waals surface area contributed by atoms with E-state index >= 15 is 0 Å². The molecule has 0 aliphatic carbocycles. The van der Waals surface area contributed by atoms with Crippen LogP contribution in [0.3, 0.4) is 0 Å². The summed E-state index contributed by atoms with van der Waals surface area (Å²) in [4.78, 5) is 29.0. The topological polar surface area (TPSA) is 69.0 Å². The van der Waals surface area contributed by atoms with Gasteiger partial charge in [0.25, 0.3) is 5.91 Å². The third-order valence-electron chi connectivity index (χ3n) is 6.05. The summed E-state index contributed by atoms with van der Waals surface area (Å²) in [6, 6.07) is 8.90. The number of aryl methyl sites for hydroxylation is 2. The molecule has 0 saturated carbocycles. The summed E-state index contributed by atoms with van der Waals surface area (Å²) in [5.41, 5.74) is 3.36. The van der Waals surface area contributed by atoms with Crippen molar-refractivity contribution in [3.05, 3.63) is 68.6 Å². The number of nitrogens with zero attached hydrogens (tertiary/aromatic N) is 1. The molecule has 0 radical (unpaired) electrons. The van der Waals surface area contributed by atoms with Crippen molar-refractivity contribution < 1.29 is 18.7 Å². The molecule has 174 valence electrons. The van der Waals surface area contributed by atoms with Gasteiger partial charge in [0.1, 0.15) is 5.58 Å². The molecule has 1 aromatic heterocycles. The fourth-order valence-electron chi connectivity index (χ4n) is 4.66. The van der Waals surface area contributed by atoms with E-state index < -0.39 is 6.04 Å². The number of fused-ring (bicyclic) bond motifs is 2. The summed E-state index contributed by atoms with van der Waals surface area (Å²) in [5, 5.41) is 0.533. The number of amides is 1. The number of carbonyl (C=O) groups is 1. The molecular formula is C27H31NO5. The van der Waals surface area contributed by atoms with E-state index in [0.29, 0.717) is 47.8 Å². The number of rotatable bonds is 8. The molecule has 1 aliphatic rings. The number of unbranched alkanes of at least 4 members (excludes halogenated alkanes) is 1. The van der Waals surface area contributed by atoms with Crippen LogP contribution >= 0.6 is 0 Å². The molecule has 4 rings (SSSR count). The summed E-state index contributed by atoms with van der Waals surface area (Å²) in [6.07, 6.45) is 1.76. The van der Waals surface area contributed by atoms with Crippen molar-refractivity contribution in [3.63, 3.8) is 0 Å². The standard InChI is InChI=1S/C27H31NO5/c1-6-9-12-28-24(18-10-11-19(31-7-2)20(15-18)32-8-3)23-25(29)22-17(5)13-16(4)14-21(22)33-26(23)27(28)30/h10-11,13-15,24H,6-9,12H2,1-5H3. The lowest BCUT2D eigenvalue weighted by molar-refractivity contribution is 0.0725. The smallest absolute Gasteiger partial charge is 0.290 e. The first-order valence-corrected chi connectivity index (χ1v) is 11.7. The first-order chi connectivity index (χ1) is 15.9. The number of carbonyl (C=O) groups excluding carboxylic acids is 1. The molecule has 6 heteroatoms.